The van der Waals surface area contributed by atoms with Crippen molar-refractivity contribution in [1.82, 2.24) is 0 Å². The van der Waals surface area contributed by atoms with Gasteiger partial charge in [0, 0.05) is 5.92 Å². The minimum absolute atomic E-state index is 0.0877. The smallest absolute Gasteiger partial charge is 0.338 e. The summed E-state index contributed by atoms with van der Waals surface area (Å²) in [5.41, 5.74) is 1.05. The molecule has 2 unspecified atom stereocenters. The van der Waals surface area contributed by atoms with Gasteiger partial charge < -0.3 is 9.47 Å². The Balaban J connectivity index is 2.17. The first-order valence-electron chi connectivity index (χ1n) is 9.99. The summed E-state index contributed by atoms with van der Waals surface area (Å²) >= 11 is 0. The van der Waals surface area contributed by atoms with E-state index in [9.17, 15) is 9.59 Å². The van der Waals surface area contributed by atoms with Crippen molar-refractivity contribution in [2.24, 2.45) is 11.8 Å². The van der Waals surface area contributed by atoms with E-state index in [1.54, 1.807) is 24.3 Å². The average Bonchev–Trinajstić information content (AvgIpc) is 2.73. The molecule has 0 amide bonds. The van der Waals surface area contributed by atoms with Gasteiger partial charge in [-0.1, -0.05) is 64.1 Å². The molecule has 0 N–H and O–H groups in total. The van der Waals surface area contributed by atoms with Crippen LogP contribution in [0.5, 0.6) is 0 Å². The predicted molar refractivity (Wildman–Crippen MR) is 110 cm³/mol. The summed E-state index contributed by atoms with van der Waals surface area (Å²) in [6.45, 7) is 8.12. The summed E-state index contributed by atoms with van der Waals surface area (Å²) < 4.78 is 11.7. The molecular weight excluding hydrogens is 352 g/mol. The number of carbonyl (C=O) groups is 2. The fraction of sp³-hybridized carbons (Fsp3) is 0.417. The fourth-order valence-electron chi connectivity index (χ4n) is 3.53. The first-order valence-corrected chi connectivity index (χ1v) is 9.99. The highest BCUT2D eigenvalue weighted by molar-refractivity contribution is 5.90. The number of esters is 2. The lowest BCUT2D eigenvalue weighted by Crippen LogP contribution is -2.40. The quantitative estimate of drug-likeness (QED) is 0.535. The van der Waals surface area contributed by atoms with Crippen LogP contribution in [0.3, 0.4) is 0 Å². The van der Waals surface area contributed by atoms with Crippen molar-refractivity contribution in [3.63, 3.8) is 0 Å². The second-order valence-corrected chi connectivity index (χ2v) is 7.26. The van der Waals surface area contributed by atoms with Crippen LogP contribution in [0.4, 0.5) is 0 Å². The van der Waals surface area contributed by atoms with Crippen molar-refractivity contribution in [2.75, 3.05) is 0 Å². The van der Waals surface area contributed by atoms with E-state index in [1.165, 1.54) is 0 Å². The van der Waals surface area contributed by atoms with Gasteiger partial charge >= 0.3 is 11.9 Å². The summed E-state index contributed by atoms with van der Waals surface area (Å²) in [5, 5.41) is 0. The molecule has 4 nitrogen and oxygen atoms in total. The normalized spacial score (nSPS) is 14.2. The summed E-state index contributed by atoms with van der Waals surface area (Å²) in [6, 6.07) is 17.9. The Bertz CT molecular complexity index is 678. The SMILES string of the molecule is CCC(OC(=O)c1ccccc1)C(C(C)C)C(CC)OC(=O)c1ccccc1. The molecule has 0 fully saturated rings. The van der Waals surface area contributed by atoms with Crippen LogP contribution in [0.25, 0.3) is 0 Å². The lowest BCUT2D eigenvalue weighted by atomic mass is 9.82. The van der Waals surface area contributed by atoms with Crippen LogP contribution in [0.2, 0.25) is 0 Å². The van der Waals surface area contributed by atoms with Gasteiger partial charge in [-0.25, -0.2) is 9.59 Å². The molecule has 0 bridgehead atoms. The van der Waals surface area contributed by atoms with E-state index < -0.39 is 0 Å². The van der Waals surface area contributed by atoms with Gasteiger partial charge in [-0.15, -0.1) is 0 Å². The molecule has 0 aliphatic carbocycles. The maximum atomic E-state index is 12.6. The second kappa shape index (κ2) is 10.6. The molecule has 0 spiro atoms. The topological polar surface area (TPSA) is 52.6 Å². The van der Waals surface area contributed by atoms with Gasteiger partial charge in [0.1, 0.15) is 12.2 Å². The first kappa shape index (κ1) is 21.7. The second-order valence-electron chi connectivity index (χ2n) is 7.26. The minimum Gasteiger partial charge on any atom is -0.458 e. The van der Waals surface area contributed by atoms with Crippen molar-refractivity contribution in [3.8, 4) is 0 Å². The van der Waals surface area contributed by atoms with E-state index in [0.717, 1.165) is 0 Å². The molecule has 2 aromatic rings. The third-order valence-corrected chi connectivity index (χ3v) is 4.97. The number of hydrogen-bond acceptors (Lipinski definition) is 4. The lowest BCUT2D eigenvalue weighted by Gasteiger charge is -2.35. The summed E-state index contributed by atoms with van der Waals surface area (Å²) in [5.74, 6) is -0.595. The Hall–Kier alpha value is -2.62. The van der Waals surface area contributed by atoms with Gasteiger partial charge in [0.25, 0.3) is 0 Å². The predicted octanol–water partition coefficient (Wildman–Crippen LogP) is 5.53. The maximum Gasteiger partial charge on any atom is 0.338 e. The number of rotatable bonds is 9. The molecule has 0 saturated heterocycles. The Kier molecular flexibility index (Phi) is 8.24. The van der Waals surface area contributed by atoms with Crippen LogP contribution in [0.15, 0.2) is 60.7 Å². The molecule has 0 aliphatic heterocycles. The zero-order valence-electron chi connectivity index (χ0n) is 17.1. The lowest BCUT2D eigenvalue weighted by molar-refractivity contribution is -0.0487. The Morgan fingerprint density at radius 1 is 0.714 bits per heavy atom. The monoisotopic (exact) mass is 382 g/mol. The molecule has 2 aromatic carbocycles. The van der Waals surface area contributed by atoms with E-state index in [2.05, 4.69) is 13.8 Å². The molecule has 2 atom stereocenters. The number of ether oxygens (including phenoxy) is 2. The highest BCUT2D eigenvalue weighted by Gasteiger charge is 2.35. The van der Waals surface area contributed by atoms with Crippen LogP contribution in [0, 0.1) is 11.8 Å². The van der Waals surface area contributed by atoms with Gasteiger partial charge in [0.2, 0.25) is 0 Å². The molecule has 0 aliphatic rings. The molecule has 2 rings (SSSR count). The summed E-state index contributed by atoms with van der Waals surface area (Å²) in [4.78, 5) is 25.1. The molecule has 28 heavy (non-hydrogen) atoms. The van der Waals surface area contributed by atoms with Gasteiger partial charge in [-0.2, -0.15) is 0 Å². The van der Waals surface area contributed by atoms with Crippen LogP contribution in [0.1, 0.15) is 61.3 Å². The average molecular weight is 383 g/mol. The third kappa shape index (κ3) is 5.69. The summed E-state index contributed by atoms with van der Waals surface area (Å²) in [7, 11) is 0. The largest absolute Gasteiger partial charge is 0.458 e. The first-order chi connectivity index (χ1) is 13.5. The van der Waals surface area contributed by atoms with Crippen molar-refractivity contribution in [2.45, 2.75) is 52.7 Å². The van der Waals surface area contributed by atoms with Gasteiger partial charge in [0.15, 0.2) is 0 Å². The Morgan fingerprint density at radius 3 is 1.36 bits per heavy atom. The van der Waals surface area contributed by atoms with Crippen LogP contribution < -0.4 is 0 Å². The van der Waals surface area contributed by atoms with E-state index in [0.29, 0.717) is 24.0 Å². The van der Waals surface area contributed by atoms with E-state index in [-0.39, 0.29) is 36.0 Å². The Morgan fingerprint density at radius 2 is 1.07 bits per heavy atom. The van der Waals surface area contributed by atoms with Crippen LogP contribution in [-0.2, 0) is 9.47 Å². The molecule has 4 heteroatoms. The van der Waals surface area contributed by atoms with Crippen molar-refractivity contribution in [1.29, 1.82) is 0 Å². The van der Waals surface area contributed by atoms with Crippen molar-refractivity contribution >= 4 is 11.9 Å². The van der Waals surface area contributed by atoms with Crippen molar-refractivity contribution < 1.29 is 19.1 Å². The Labute approximate surface area is 167 Å². The number of benzene rings is 2. The van der Waals surface area contributed by atoms with Gasteiger partial charge in [-0.3, -0.25) is 0 Å². The zero-order valence-corrected chi connectivity index (χ0v) is 17.1. The number of carbonyl (C=O) groups excluding carboxylic acids is 2. The van der Waals surface area contributed by atoms with Crippen molar-refractivity contribution in [3.05, 3.63) is 71.8 Å². The minimum atomic E-state index is -0.345. The molecule has 0 saturated carbocycles. The maximum absolute atomic E-state index is 12.6. The van der Waals surface area contributed by atoms with Gasteiger partial charge in [0.05, 0.1) is 11.1 Å². The molecule has 0 aromatic heterocycles. The number of hydrogen-bond donors (Lipinski definition) is 0. The standard InChI is InChI=1S/C24H30O4/c1-5-20(27-23(25)18-13-9-7-10-14-18)22(17(3)4)21(6-2)28-24(26)19-15-11-8-12-16-19/h7-17,20-22H,5-6H2,1-4H3. The highest BCUT2D eigenvalue weighted by atomic mass is 16.6. The molecular formula is C24H30O4. The van der Waals surface area contributed by atoms with E-state index >= 15 is 0 Å². The fourth-order valence-corrected chi connectivity index (χ4v) is 3.53. The van der Waals surface area contributed by atoms with E-state index in [4.69, 9.17) is 9.47 Å². The molecule has 150 valence electrons. The molecule has 0 heterocycles. The van der Waals surface area contributed by atoms with Crippen LogP contribution >= 0.6 is 0 Å². The molecule has 0 radical (unpaired) electrons. The van der Waals surface area contributed by atoms with Gasteiger partial charge in [-0.05, 0) is 43.0 Å². The van der Waals surface area contributed by atoms with Crippen LogP contribution in [-0.4, -0.2) is 24.1 Å². The highest BCUT2D eigenvalue weighted by Crippen LogP contribution is 2.29. The summed E-state index contributed by atoms with van der Waals surface area (Å²) in [6.07, 6.45) is 0.643. The third-order valence-electron chi connectivity index (χ3n) is 4.97. The zero-order chi connectivity index (χ0) is 20.5. The van der Waals surface area contributed by atoms with E-state index in [1.807, 2.05) is 50.2 Å².